The summed E-state index contributed by atoms with van der Waals surface area (Å²) in [6, 6.07) is 0. The van der Waals surface area contributed by atoms with E-state index >= 15 is 0 Å². The Labute approximate surface area is 104 Å². The van der Waals surface area contributed by atoms with Crippen LogP contribution in [0, 0.1) is 0 Å². The second-order valence-corrected chi connectivity index (χ2v) is 3.07. The molecular weight excluding hydrogens is 201 g/mol. The zero-order chi connectivity index (χ0) is 6.08. The summed E-state index contributed by atoms with van der Waals surface area (Å²) < 4.78 is -2.28. The van der Waals surface area contributed by atoms with Crippen molar-refractivity contribution in [1.82, 2.24) is 0 Å². The third-order valence-electron chi connectivity index (χ3n) is 0.231. The Morgan fingerprint density at radius 1 is 1.38 bits per heavy atom. The van der Waals surface area contributed by atoms with Gasteiger partial charge < -0.3 is 9.90 Å². The van der Waals surface area contributed by atoms with Gasteiger partial charge in [0.2, 0.25) is 3.79 Å². The van der Waals surface area contributed by atoms with Gasteiger partial charge in [0.15, 0.2) is 0 Å². The van der Waals surface area contributed by atoms with Gasteiger partial charge in [0.25, 0.3) is 0 Å². The summed E-state index contributed by atoms with van der Waals surface area (Å²) in [4.78, 5) is 9.51. The minimum atomic E-state index is -2.28. The Kier molecular flexibility index (Phi) is 7.49. The quantitative estimate of drug-likeness (QED) is 0.312. The number of halogens is 3. The summed E-state index contributed by atoms with van der Waals surface area (Å²) in [5.74, 6) is -1.71. The monoisotopic (exact) mass is 200 g/mol. The first kappa shape index (κ1) is 12.6. The van der Waals surface area contributed by atoms with E-state index in [1.807, 2.05) is 0 Å². The molecule has 0 N–H and O–H groups in total. The minimum absolute atomic E-state index is 0. The largest absolute Gasteiger partial charge is 1.00 e. The summed E-state index contributed by atoms with van der Waals surface area (Å²) >= 11 is 14.2. The molecule has 0 saturated heterocycles. The van der Waals surface area contributed by atoms with Gasteiger partial charge in [0.1, 0.15) is 0 Å². The van der Waals surface area contributed by atoms with Crippen LogP contribution in [0.15, 0.2) is 0 Å². The Morgan fingerprint density at radius 2 is 1.50 bits per heavy atom. The van der Waals surface area contributed by atoms with Gasteiger partial charge in [-0.25, -0.2) is 0 Å². The predicted molar refractivity (Wildman–Crippen MR) is 25.3 cm³/mol. The molecule has 0 radical (unpaired) electrons. The molecule has 0 aliphatic heterocycles. The van der Waals surface area contributed by atoms with Crippen LogP contribution in [0.1, 0.15) is 0 Å². The number of carboxylic acid groups (broad SMARTS) is 1. The Hall–Kier alpha value is 1.98. The van der Waals surface area contributed by atoms with E-state index in [0.29, 0.717) is 0 Å². The van der Waals surface area contributed by atoms with E-state index in [-0.39, 0.29) is 51.4 Å². The molecule has 0 aromatic heterocycles. The number of alkyl halides is 3. The summed E-state index contributed by atoms with van der Waals surface area (Å²) in [7, 11) is 0. The van der Waals surface area contributed by atoms with Crippen LogP contribution in [0.4, 0.5) is 0 Å². The molecule has 0 aromatic carbocycles. The van der Waals surface area contributed by atoms with E-state index in [0.717, 1.165) is 0 Å². The van der Waals surface area contributed by atoms with Crippen molar-refractivity contribution >= 4 is 40.8 Å². The van der Waals surface area contributed by atoms with Crippen molar-refractivity contribution < 1.29 is 61.3 Å². The van der Waals surface area contributed by atoms with Gasteiger partial charge in [-0.2, -0.15) is 0 Å². The number of carbonyl (C=O) groups excluding carboxylic acids is 1. The molecule has 0 atom stereocenters. The molecule has 0 unspecified atom stereocenters. The Bertz CT molecular complexity index is 87.8. The minimum Gasteiger partial charge on any atom is -0.545 e. The maximum atomic E-state index is 9.51. The predicted octanol–water partition coefficient (Wildman–Crippen LogP) is -2.89. The van der Waals surface area contributed by atoms with Crippen LogP contribution in [0.25, 0.3) is 0 Å². The van der Waals surface area contributed by atoms with Gasteiger partial charge in [-0.1, -0.05) is 34.8 Å². The molecular formula is C2Cl3KO2. The van der Waals surface area contributed by atoms with Crippen LogP contribution in [0.5, 0.6) is 0 Å². The van der Waals surface area contributed by atoms with Crippen molar-refractivity contribution in [3.8, 4) is 0 Å². The second kappa shape index (κ2) is 4.74. The summed E-state index contributed by atoms with van der Waals surface area (Å²) in [5.41, 5.74) is 0. The third kappa shape index (κ3) is 6.10. The van der Waals surface area contributed by atoms with Crippen molar-refractivity contribution in [2.75, 3.05) is 0 Å². The SMILES string of the molecule is O=C([O-])C(Cl)(Cl)Cl.[K+]. The Balaban J connectivity index is 0. The molecule has 6 heteroatoms. The number of carboxylic acids is 1. The number of hydrogen-bond donors (Lipinski definition) is 0. The van der Waals surface area contributed by atoms with Crippen molar-refractivity contribution in [2.24, 2.45) is 0 Å². The molecule has 2 nitrogen and oxygen atoms in total. The fourth-order valence-corrected chi connectivity index (χ4v) is 0. The zero-order valence-corrected chi connectivity index (χ0v) is 9.34. The molecule has 0 spiro atoms. The van der Waals surface area contributed by atoms with E-state index in [4.69, 9.17) is 34.8 Å². The first-order chi connectivity index (χ1) is 2.94. The molecule has 0 fully saturated rings. The van der Waals surface area contributed by atoms with Crippen molar-refractivity contribution in [1.29, 1.82) is 0 Å². The van der Waals surface area contributed by atoms with Gasteiger partial charge in [0.05, 0.1) is 5.97 Å². The normalized spacial score (nSPS) is 9.88. The molecule has 0 saturated carbocycles. The van der Waals surface area contributed by atoms with Crippen LogP contribution in [-0.4, -0.2) is 9.76 Å². The summed E-state index contributed by atoms with van der Waals surface area (Å²) in [5, 5.41) is 9.51. The number of rotatable bonds is 0. The number of aliphatic carboxylic acids is 1. The summed E-state index contributed by atoms with van der Waals surface area (Å²) in [6.07, 6.45) is 0. The van der Waals surface area contributed by atoms with E-state index in [2.05, 4.69) is 0 Å². The van der Waals surface area contributed by atoms with Gasteiger partial charge in [-0.3, -0.25) is 0 Å². The van der Waals surface area contributed by atoms with E-state index in [9.17, 15) is 9.90 Å². The maximum Gasteiger partial charge on any atom is 1.00 e. The standard InChI is InChI=1S/C2HCl3O2.K/c3-2(4,5)1(6)7;/h(H,6,7);/q;+1/p-1. The van der Waals surface area contributed by atoms with Crippen LogP contribution < -0.4 is 56.5 Å². The van der Waals surface area contributed by atoms with Crippen molar-refractivity contribution in [2.45, 2.75) is 3.79 Å². The van der Waals surface area contributed by atoms with Gasteiger partial charge >= 0.3 is 51.4 Å². The third-order valence-corrected chi connectivity index (χ3v) is 0.694. The van der Waals surface area contributed by atoms with Crippen LogP contribution in [-0.2, 0) is 4.79 Å². The topological polar surface area (TPSA) is 40.1 Å². The maximum absolute atomic E-state index is 9.51. The molecule has 0 rings (SSSR count). The van der Waals surface area contributed by atoms with E-state index < -0.39 is 9.76 Å². The number of hydrogen-bond acceptors (Lipinski definition) is 2. The molecule has 0 heterocycles. The first-order valence-electron chi connectivity index (χ1n) is 1.23. The smallest absolute Gasteiger partial charge is 0.545 e. The average Bonchev–Trinajstić information content (AvgIpc) is 1.31. The molecule has 0 aliphatic carbocycles. The fourth-order valence-electron chi connectivity index (χ4n) is 0. The fraction of sp³-hybridized carbons (Fsp3) is 0.500. The van der Waals surface area contributed by atoms with Crippen LogP contribution in [0.2, 0.25) is 0 Å². The van der Waals surface area contributed by atoms with Crippen LogP contribution in [0.3, 0.4) is 0 Å². The summed E-state index contributed by atoms with van der Waals surface area (Å²) in [6.45, 7) is 0. The van der Waals surface area contributed by atoms with Crippen LogP contribution >= 0.6 is 34.8 Å². The first-order valence-corrected chi connectivity index (χ1v) is 2.36. The molecule has 0 aromatic rings. The molecule has 0 amide bonds. The van der Waals surface area contributed by atoms with Gasteiger partial charge in [-0.15, -0.1) is 0 Å². The second-order valence-electron chi connectivity index (χ2n) is 0.785. The molecule has 8 heavy (non-hydrogen) atoms. The molecule has 0 bridgehead atoms. The Morgan fingerprint density at radius 3 is 1.50 bits per heavy atom. The zero-order valence-electron chi connectivity index (χ0n) is 3.95. The van der Waals surface area contributed by atoms with E-state index in [1.54, 1.807) is 0 Å². The van der Waals surface area contributed by atoms with E-state index in [1.165, 1.54) is 0 Å². The van der Waals surface area contributed by atoms with Gasteiger partial charge in [-0.05, 0) is 0 Å². The van der Waals surface area contributed by atoms with Gasteiger partial charge in [0, 0.05) is 0 Å². The average molecular weight is 201 g/mol. The number of carbonyl (C=O) groups is 1. The molecule has 0 aliphatic rings. The van der Waals surface area contributed by atoms with Crippen molar-refractivity contribution in [3.05, 3.63) is 0 Å². The van der Waals surface area contributed by atoms with Crippen molar-refractivity contribution in [3.63, 3.8) is 0 Å². The molecule has 42 valence electrons.